The number of pyridine rings is 1. The van der Waals surface area contributed by atoms with Crippen LogP contribution in [0.25, 0.3) is 11.3 Å². The fraction of sp³-hybridized carbons (Fsp3) is 0. The van der Waals surface area contributed by atoms with Crippen LogP contribution in [0.3, 0.4) is 0 Å². The molecule has 15 heavy (non-hydrogen) atoms. The number of halogens is 2. The summed E-state index contributed by atoms with van der Waals surface area (Å²) in [6.45, 7) is 0. The van der Waals surface area contributed by atoms with Crippen LogP contribution in [0, 0.1) is 0 Å². The Hall–Kier alpha value is -1.39. The number of hydrogen-bond donors (Lipinski definition) is 0. The maximum Gasteiger partial charge on any atom is 0.374 e. The van der Waals surface area contributed by atoms with Crippen LogP contribution in [0.1, 0.15) is 0 Å². The van der Waals surface area contributed by atoms with E-state index in [1.54, 1.807) is 18.3 Å². The maximum absolute atomic E-state index is 11.1. The average Bonchev–Trinajstić information content (AvgIpc) is 2.25. The van der Waals surface area contributed by atoms with Gasteiger partial charge in [0, 0.05) is 18.0 Å². The molecule has 0 aliphatic rings. The van der Waals surface area contributed by atoms with E-state index in [2.05, 4.69) is 9.97 Å². The Morgan fingerprint density at radius 2 is 2.07 bits per heavy atom. The van der Waals surface area contributed by atoms with E-state index < -0.39 is 5.63 Å². The Kier molecular flexibility index (Phi) is 2.70. The quantitative estimate of drug-likeness (QED) is 0.771. The second-order valence-corrected chi connectivity index (χ2v) is 3.37. The standard InChI is InChI=1S/C9H4Cl2N2O2/c10-7-6(5-2-1-3-12-4-5)15-9(14)8(11)13-7/h1-4H. The molecule has 6 heteroatoms. The third-order valence-electron chi connectivity index (χ3n) is 1.67. The molecule has 0 fully saturated rings. The van der Waals surface area contributed by atoms with Gasteiger partial charge >= 0.3 is 5.63 Å². The minimum Gasteiger partial charge on any atom is -0.417 e. The van der Waals surface area contributed by atoms with Crippen LogP contribution >= 0.6 is 23.2 Å². The highest BCUT2D eigenvalue weighted by Gasteiger charge is 2.11. The molecule has 0 unspecified atom stereocenters. The molecule has 0 bridgehead atoms. The SMILES string of the molecule is O=c1oc(-c2cccnc2)c(Cl)nc1Cl. The van der Waals surface area contributed by atoms with Crippen molar-refractivity contribution in [2.24, 2.45) is 0 Å². The van der Waals surface area contributed by atoms with Gasteiger partial charge in [-0.3, -0.25) is 4.98 Å². The molecule has 0 saturated carbocycles. The van der Waals surface area contributed by atoms with Crippen molar-refractivity contribution in [2.45, 2.75) is 0 Å². The zero-order valence-electron chi connectivity index (χ0n) is 7.28. The molecule has 0 spiro atoms. The second-order valence-electron chi connectivity index (χ2n) is 2.65. The molecule has 2 rings (SSSR count). The van der Waals surface area contributed by atoms with Crippen LogP contribution < -0.4 is 5.63 Å². The fourth-order valence-electron chi connectivity index (χ4n) is 1.03. The average molecular weight is 243 g/mol. The second kappa shape index (κ2) is 4.00. The molecule has 0 N–H and O–H groups in total. The van der Waals surface area contributed by atoms with Gasteiger partial charge in [0.15, 0.2) is 10.9 Å². The van der Waals surface area contributed by atoms with Crippen molar-refractivity contribution in [3.8, 4) is 11.3 Å². The van der Waals surface area contributed by atoms with Crippen molar-refractivity contribution in [1.29, 1.82) is 0 Å². The smallest absolute Gasteiger partial charge is 0.374 e. The summed E-state index contributed by atoms with van der Waals surface area (Å²) in [5.41, 5.74) is -0.149. The van der Waals surface area contributed by atoms with Gasteiger partial charge in [-0.15, -0.1) is 0 Å². The van der Waals surface area contributed by atoms with Crippen molar-refractivity contribution < 1.29 is 4.42 Å². The monoisotopic (exact) mass is 242 g/mol. The summed E-state index contributed by atoms with van der Waals surface area (Å²) in [5, 5.41) is -0.250. The van der Waals surface area contributed by atoms with Gasteiger partial charge in [0.1, 0.15) is 0 Å². The normalized spacial score (nSPS) is 10.3. The van der Waals surface area contributed by atoms with E-state index in [-0.39, 0.29) is 16.1 Å². The lowest BCUT2D eigenvalue weighted by atomic mass is 10.2. The van der Waals surface area contributed by atoms with Gasteiger partial charge < -0.3 is 4.42 Å². The maximum atomic E-state index is 11.1. The molecular formula is C9H4Cl2N2O2. The van der Waals surface area contributed by atoms with E-state index >= 15 is 0 Å². The summed E-state index contributed by atoms with van der Waals surface area (Å²) >= 11 is 11.2. The molecule has 2 aromatic rings. The van der Waals surface area contributed by atoms with Crippen LogP contribution in [0.4, 0.5) is 0 Å². The van der Waals surface area contributed by atoms with E-state index in [1.807, 2.05) is 0 Å². The molecule has 0 saturated heterocycles. The lowest BCUT2D eigenvalue weighted by Gasteiger charge is -2.00. The van der Waals surface area contributed by atoms with Crippen LogP contribution in [0.2, 0.25) is 10.3 Å². The minimum atomic E-state index is -0.722. The fourth-order valence-corrected chi connectivity index (χ4v) is 1.43. The molecular weight excluding hydrogens is 239 g/mol. The molecule has 0 radical (unpaired) electrons. The molecule has 0 amide bonds. The lowest BCUT2D eigenvalue weighted by molar-refractivity contribution is 0.518. The van der Waals surface area contributed by atoms with Crippen molar-refractivity contribution in [2.75, 3.05) is 0 Å². The van der Waals surface area contributed by atoms with Crippen LogP contribution in [0.5, 0.6) is 0 Å². The highest BCUT2D eigenvalue weighted by Crippen LogP contribution is 2.24. The first-order chi connectivity index (χ1) is 7.18. The summed E-state index contributed by atoms with van der Waals surface area (Å²) in [7, 11) is 0. The van der Waals surface area contributed by atoms with Gasteiger partial charge in [-0.2, -0.15) is 0 Å². The first-order valence-corrected chi connectivity index (χ1v) is 4.70. The third kappa shape index (κ3) is 2.00. The van der Waals surface area contributed by atoms with Crippen LogP contribution in [0.15, 0.2) is 33.7 Å². The van der Waals surface area contributed by atoms with Gasteiger partial charge in [0.05, 0.1) is 0 Å². The van der Waals surface area contributed by atoms with Gasteiger partial charge in [0.25, 0.3) is 0 Å². The predicted octanol–water partition coefficient (Wildman–Crippen LogP) is 2.40. The largest absolute Gasteiger partial charge is 0.417 e. The summed E-state index contributed by atoms with van der Waals surface area (Å²) in [6, 6.07) is 3.40. The Labute approximate surface area is 94.5 Å². The van der Waals surface area contributed by atoms with E-state index in [9.17, 15) is 4.79 Å². The van der Waals surface area contributed by atoms with Crippen molar-refractivity contribution in [3.63, 3.8) is 0 Å². The Morgan fingerprint density at radius 3 is 2.73 bits per heavy atom. The van der Waals surface area contributed by atoms with Crippen molar-refractivity contribution in [3.05, 3.63) is 45.3 Å². The van der Waals surface area contributed by atoms with Crippen LogP contribution in [-0.4, -0.2) is 9.97 Å². The first-order valence-electron chi connectivity index (χ1n) is 3.95. The predicted molar refractivity (Wildman–Crippen MR) is 56.0 cm³/mol. The van der Waals surface area contributed by atoms with Crippen molar-refractivity contribution >= 4 is 23.2 Å². The molecule has 2 aromatic heterocycles. The molecule has 76 valence electrons. The van der Waals surface area contributed by atoms with Gasteiger partial charge in [-0.1, -0.05) is 23.2 Å². The van der Waals surface area contributed by atoms with Crippen LogP contribution in [-0.2, 0) is 0 Å². The highest BCUT2D eigenvalue weighted by atomic mass is 35.5. The lowest BCUT2D eigenvalue weighted by Crippen LogP contribution is -2.03. The molecule has 0 aliphatic carbocycles. The third-order valence-corrected chi connectivity index (χ3v) is 2.17. The van der Waals surface area contributed by atoms with E-state index in [4.69, 9.17) is 27.6 Å². The summed E-state index contributed by atoms with van der Waals surface area (Å²) in [6.07, 6.45) is 3.11. The van der Waals surface area contributed by atoms with Gasteiger partial charge in [-0.05, 0) is 12.1 Å². The molecule has 0 aliphatic heterocycles. The molecule has 0 atom stereocenters. The topological polar surface area (TPSA) is 56.0 Å². The summed E-state index contributed by atoms with van der Waals surface area (Å²) < 4.78 is 4.90. The molecule has 0 aromatic carbocycles. The number of rotatable bonds is 1. The highest BCUT2D eigenvalue weighted by molar-refractivity contribution is 6.33. The number of hydrogen-bond acceptors (Lipinski definition) is 4. The van der Waals surface area contributed by atoms with Gasteiger partial charge in [-0.25, -0.2) is 9.78 Å². The van der Waals surface area contributed by atoms with Crippen molar-refractivity contribution in [1.82, 2.24) is 9.97 Å². The summed E-state index contributed by atoms with van der Waals surface area (Å²) in [4.78, 5) is 18.6. The number of nitrogens with zero attached hydrogens (tertiary/aromatic N) is 2. The molecule has 4 nitrogen and oxygen atoms in total. The zero-order valence-corrected chi connectivity index (χ0v) is 8.79. The first kappa shape index (κ1) is 10.1. The molecule has 2 heterocycles. The minimum absolute atomic E-state index is 0.0348. The van der Waals surface area contributed by atoms with E-state index in [1.165, 1.54) is 6.20 Å². The number of aromatic nitrogens is 2. The summed E-state index contributed by atoms with van der Waals surface area (Å²) in [5.74, 6) is 0.166. The Bertz CT molecular complexity index is 540. The van der Waals surface area contributed by atoms with E-state index in [0.29, 0.717) is 5.56 Å². The van der Waals surface area contributed by atoms with Gasteiger partial charge in [0.2, 0.25) is 5.15 Å². The Balaban J connectivity index is 2.64. The zero-order chi connectivity index (χ0) is 10.8. The Morgan fingerprint density at radius 1 is 1.27 bits per heavy atom. The van der Waals surface area contributed by atoms with E-state index in [0.717, 1.165) is 0 Å².